The molecule has 1 aromatic rings. The number of carbonyl (C=O) groups is 1. The van der Waals surface area contributed by atoms with Crippen LogP contribution in [0.5, 0.6) is 0 Å². The van der Waals surface area contributed by atoms with Crippen LogP contribution in [0.25, 0.3) is 0 Å². The minimum atomic E-state index is -0.448. The molecule has 1 heterocycles. The van der Waals surface area contributed by atoms with Gasteiger partial charge in [-0.1, -0.05) is 42.5 Å². The zero-order chi connectivity index (χ0) is 14.8. The smallest absolute Gasteiger partial charge is 0.410 e. The van der Waals surface area contributed by atoms with Crippen LogP contribution in [0, 0.1) is 5.92 Å². The average Bonchev–Trinajstić information content (AvgIpc) is 2.70. The highest BCUT2D eigenvalue weighted by Gasteiger charge is 2.32. The van der Waals surface area contributed by atoms with Gasteiger partial charge in [-0.3, -0.25) is 0 Å². The molecule has 1 fully saturated rings. The summed E-state index contributed by atoms with van der Waals surface area (Å²) in [6.07, 6.45) is 0.688. The van der Waals surface area contributed by atoms with Crippen molar-refractivity contribution in [3.63, 3.8) is 0 Å². The third-order valence-electron chi connectivity index (χ3n) is 3.39. The summed E-state index contributed by atoms with van der Waals surface area (Å²) < 4.78 is 5.41. The Balaban J connectivity index is 1.95. The maximum Gasteiger partial charge on any atom is 0.410 e. The normalized spacial score (nSPS) is 19.2. The molecule has 1 aliphatic rings. The predicted molar refractivity (Wildman–Crippen MR) is 80.6 cm³/mol. The van der Waals surface area contributed by atoms with Crippen LogP contribution in [0.15, 0.2) is 42.5 Å². The van der Waals surface area contributed by atoms with Crippen LogP contribution in [-0.4, -0.2) is 29.7 Å². The van der Waals surface area contributed by atoms with E-state index in [4.69, 9.17) is 4.74 Å². The first kappa shape index (κ1) is 14.6. The van der Waals surface area contributed by atoms with Gasteiger partial charge in [0.25, 0.3) is 0 Å². The van der Waals surface area contributed by atoms with Gasteiger partial charge >= 0.3 is 6.09 Å². The maximum atomic E-state index is 12.1. The van der Waals surface area contributed by atoms with Crippen LogP contribution in [0.1, 0.15) is 26.3 Å². The number of hydrogen-bond acceptors (Lipinski definition) is 2. The Labute approximate surface area is 121 Å². The second kappa shape index (κ2) is 5.70. The summed E-state index contributed by atoms with van der Waals surface area (Å²) in [5, 5.41) is 0. The van der Waals surface area contributed by atoms with Crippen LogP contribution in [0.4, 0.5) is 4.79 Å². The number of rotatable bonds is 2. The fourth-order valence-electron chi connectivity index (χ4n) is 2.41. The number of ether oxygens (including phenoxy) is 1. The number of nitrogens with zero attached hydrogens (tertiary/aromatic N) is 1. The minimum Gasteiger partial charge on any atom is -0.444 e. The molecule has 0 saturated carbocycles. The van der Waals surface area contributed by atoms with Crippen molar-refractivity contribution in [3.8, 4) is 0 Å². The summed E-state index contributed by atoms with van der Waals surface area (Å²) in [5.74, 6) is 0.324. The van der Waals surface area contributed by atoms with Gasteiger partial charge in [0.05, 0.1) is 0 Å². The molecule has 0 aliphatic carbocycles. The van der Waals surface area contributed by atoms with E-state index < -0.39 is 5.60 Å². The average molecular weight is 273 g/mol. The summed E-state index contributed by atoms with van der Waals surface area (Å²) in [6.45, 7) is 11.1. The zero-order valence-corrected chi connectivity index (χ0v) is 12.6. The lowest BCUT2D eigenvalue weighted by atomic mass is 9.96. The highest BCUT2D eigenvalue weighted by Crippen LogP contribution is 2.26. The molecule has 0 radical (unpaired) electrons. The number of likely N-dealkylation sites (tertiary alicyclic amines) is 1. The van der Waals surface area contributed by atoms with E-state index in [0.29, 0.717) is 19.0 Å². The molecular weight excluding hydrogens is 250 g/mol. The molecule has 0 aromatic heterocycles. The van der Waals surface area contributed by atoms with Gasteiger partial charge < -0.3 is 9.64 Å². The van der Waals surface area contributed by atoms with E-state index in [-0.39, 0.29) is 6.09 Å². The summed E-state index contributed by atoms with van der Waals surface area (Å²) >= 11 is 0. The summed E-state index contributed by atoms with van der Waals surface area (Å²) in [4.78, 5) is 13.8. The largest absolute Gasteiger partial charge is 0.444 e. The van der Waals surface area contributed by atoms with Crippen LogP contribution in [0.3, 0.4) is 0 Å². The van der Waals surface area contributed by atoms with Crippen LogP contribution in [0.2, 0.25) is 0 Å². The quantitative estimate of drug-likeness (QED) is 0.770. The number of amides is 1. The molecule has 0 bridgehead atoms. The molecule has 20 heavy (non-hydrogen) atoms. The first-order valence-electron chi connectivity index (χ1n) is 7.04. The number of hydrogen-bond donors (Lipinski definition) is 0. The van der Waals surface area contributed by atoms with Crippen LogP contribution >= 0.6 is 0 Å². The highest BCUT2D eigenvalue weighted by molar-refractivity contribution is 5.69. The van der Waals surface area contributed by atoms with Crippen molar-refractivity contribution < 1.29 is 9.53 Å². The Morgan fingerprint density at radius 1 is 1.35 bits per heavy atom. The topological polar surface area (TPSA) is 29.5 Å². The number of benzene rings is 1. The Bertz CT molecular complexity index is 487. The lowest BCUT2D eigenvalue weighted by Crippen LogP contribution is -2.35. The van der Waals surface area contributed by atoms with Crippen molar-refractivity contribution in [1.29, 1.82) is 0 Å². The van der Waals surface area contributed by atoms with E-state index in [1.807, 2.05) is 39.0 Å². The van der Waals surface area contributed by atoms with Gasteiger partial charge in [0.2, 0.25) is 0 Å². The summed E-state index contributed by atoms with van der Waals surface area (Å²) in [5.41, 5.74) is 1.94. The van der Waals surface area contributed by atoms with Crippen molar-refractivity contribution >= 4 is 6.09 Å². The molecule has 1 aliphatic heterocycles. The van der Waals surface area contributed by atoms with Gasteiger partial charge in [0.1, 0.15) is 5.60 Å². The lowest BCUT2D eigenvalue weighted by Gasteiger charge is -2.24. The third kappa shape index (κ3) is 3.86. The highest BCUT2D eigenvalue weighted by atomic mass is 16.6. The van der Waals surface area contributed by atoms with E-state index in [1.54, 1.807) is 4.90 Å². The molecule has 108 valence electrons. The van der Waals surface area contributed by atoms with E-state index in [2.05, 4.69) is 18.7 Å². The predicted octanol–water partition coefficient (Wildman–Crippen LogP) is 3.65. The van der Waals surface area contributed by atoms with E-state index in [0.717, 1.165) is 12.0 Å². The van der Waals surface area contributed by atoms with Gasteiger partial charge in [-0.15, -0.1) is 0 Å². The Morgan fingerprint density at radius 3 is 2.60 bits per heavy atom. The second-order valence-corrected chi connectivity index (χ2v) is 6.41. The second-order valence-electron chi connectivity index (χ2n) is 6.41. The van der Waals surface area contributed by atoms with E-state index >= 15 is 0 Å². The molecular formula is C17H23NO2. The molecule has 2 rings (SSSR count). The van der Waals surface area contributed by atoms with Crippen molar-refractivity contribution in [2.45, 2.75) is 32.8 Å². The molecule has 1 atom stereocenters. The van der Waals surface area contributed by atoms with Crippen LogP contribution in [-0.2, 0) is 11.2 Å². The minimum absolute atomic E-state index is 0.241. The van der Waals surface area contributed by atoms with Gasteiger partial charge in [-0.25, -0.2) is 4.79 Å². The molecule has 1 unspecified atom stereocenters. The first-order valence-corrected chi connectivity index (χ1v) is 7.04. The molecule has 0 N–H and O–H groups in total. The van der Waals surface area contributed by atoms with Crippen molar-refractivity contribution in [2.24, 2.45) is 5.92 Å². The molecule has 1 saturated heterocycles. The maximum absolute atomic E-state index is 12.1. The first-order chi connectivity index (χ1) is 9.35. The molecule has 3 nitrogen and oxygen atoms in total. The molecule has 0 spiro atoms. The Kier molecular flexibility index (Phi) is 4.17. The third-order valence-corrected chi connectivity index (χ3v) is 3.39. The monoisotopic (exact) mass is 273 g/mol. The Hall–Kier alpha value is -1.77. The molecule has 1 aromatic carbocycles. The summed E-state index contributed by atoms with van der Waals surface area (Å²) in [7, 11) is 0. The number of carbonyl (C=O) groups excluding carboxylic acids is 1. The van der Waals surface area contributed by atoms with Gasteiger partial charge in [0.15, 0.2) is 0 Å². The molecule has 3 heteroatoms. The van der Waals surface area contributed by atoms with Crippen molar-refractivity contribution in [2.75, 3.05) is 13.1 Å². The summed E-state index contributed by atoms with van der Waals surface area (Å²) in [6, 6.07) is 10.3. The van der Waals surface area contributed by atoms with Crippen molar-refractivity contribution in [3.05, 3.63) is 48.0 Å². The SMILES string of the molecule is C=C1CN(C(=O)OC(C)(C)C)CC1Cc1ccccc1. The molecule has 1 amide bonds. The fraction of sp³-hybridized carbons (Fsp3) is 0.471. The van der Waals surface area contributed by atoms with Gasteiger partial charge in [-0.05, 0) is 32.8 Å². The van der Waals surface area contributed by atoms with Crippen molar-refractivity contribution in [1.82, 2.24) is 4.90 Å². The standard InChI is InChI=1S/C17H23NO2/c1-13-11-18(16(19)20-17(2,3)4)12-15(13)10-14-8-6-5-7-9-14/h5-9,15H,1,10-12H2,2-4H3. The van der Waals surface area contributed by atoms with Gasteiger partial charge in [0, 0.05) is 19.0 Å². The fourth-order valence-corrected chi connectivity index (χ4v) is 2.41. The van der Waals surface area contributed by atoms with E-state index in [1.165, 1.54) is 5.56 Å². The van der Waals surface area contributed by atoms with E-state index in [9.17, 15) is 4.79 Å². The Morgan fingerprint density at radius 2 is 2.00 bits per heavy atom. The zero-order valence-electron chi connectivity index (χ0n) is 12.6. The lowest BCUT2D eigenvalue weighted by molar-refractivity contribution is 0.0290. The van der Waals surface area contributed by atoms with Gasteiger partial charge in [-0.2, -0.15) is 0 Å². The van der Waals surface area contributed by atoms with Crippen LogP contribution < -0.4 is 0 Å².